The topological polar surface area (TPSA) is 105 Å². The number of ether oxygens (including phenoxy) is 1. The number of hydrogen-bond donors (Lipinski definition) is 2. The fourth-order valence-electron chi connectivity index (χ4n) is 3.99. The second-order valence-electron chi connectivity index (χ2n) is 8.04. The molecule has 0 bridgehead atoms. The first-order chi connectivity index (χ1) is 11.7. The predicted molar refractivity (Wildman–Crippen MR) is 87.3 cm³/mol. The minimum absolute atomic E-state index is 0.0366. The zero-order valence-corrected chi connectivity index (χ0v) is 14.9. The highest BCUT2D eigenvalue weighted by molar-refractivity contribution is 6.09. The Morgan fingerprint density at radius 1 is 1.32 bits per heavy atom. The van der Waals surface area contributed by atoms with Gasteiger partial charge in [0.25, 0.3) is 5.91 Å². The van der Waals surface area contributed by atoms with Crippen LogP contribution in [0, 0.1) is 11.3 Å². The Bertz CT molecular complexity index is 632. The third-order valence-electron chi connectivity index (χ3n) is 5.71. The van der Waals surface area contributed by atoms with Crippen molar-refractivity contribution >= 4 is 23.8 Å². The van der Waals surface area contributed by atoms with E-state index in [-0.39, 0.29) is 25.0 Å². The average molecular weight is 351 g/mol. The van der Waals surface area contributed by atoms with Gasteiger partial charge in [-0.3, -0.25) is 14.5 Å². The molecule has 3 atom stereocenters. The number of rotatable bonds is 3. The summed E-state index contributed by atoms with van der Waals surface area (Å²) < 4.78 is 4.98. The van der Waals surface area contributed by atoms with Gasteiger partial charge in [-0.25, -0.2) is 9.59 Å². The van der Waals surface area contributed by atoms with Crippen molar-refractivity contribution in [2.75, 3.05) is 13.2 Å². The predicted octanol–water partition coefficient (Wildman–Crippen LogP) is 0.555. The molecule has 3 fully saturated rings. The van der Waals surface area contributed by atoms with Crippen molar-refractivity contribution in [1.82, 2.24) is 15.5 Å². The second kappa shape index (κ2) is 6.00. The molecule has 0 aromatic heterocycles. The highest BCUT2D eigenvalue weighted by Gasteiger charge is 2.55. The summed E-state index contributed by atoms with van der Waals surface area (Å²) in [7, 11) is 0. The number of cyclic esters (lactones) is 1. The lowest BCUT2D eigenvalue weighted by Crippen LogP contribution is -2.54. The molecule has 2 N–H and O–H groups in total. The molecule has 1 aliphatic carbocycles. The Morgan fingerprint density at radius 3 is 2.64 bits per heavy atom. The van der Waals surface area contributed by atoms with Gasteiger partial charge in [-0.15, -0.1) is 0 Å². The van der Waals surface area contributed by atoms with E-state index in [4.69, 9.17) is 4.74 Å². The molecular weight excluding hydrogens is 326 g/mol. The van der Waals surface area contributed by atoms with Crippen LogP contribution < -0.4 is 10.6 Å². The van der Waals surface area contributed by atoms with E-state index in [9.17, 15) is 19.2 Å². The zero-order valence-electron chi connectivity index (χ0n) is 14.9. The standard InChI is InChI=1S/C17H25N3O5/c1-10-6-4-5-7-17(10)14(23)20(15(24)19-17)8-11(21)18-12-13(22)25-9-16(12,2)3/h10,12H,4-9H2,1-3H3,(H,18,21)(H,19,24). The number of esters is 1. The summed E-state index contributed by atoms with van der Waals surface area (Å²) >= 11 is 0. The molecule has 3 rings (SSSR count). The van der Waals surface area contributed by atoms with E-state index in [0.29, 0.717) is 6.42 Å². The molecule has 3 aliphatic rings. The number of carbonyl (C=O) groups is 4. The molecule has 1 saturated carbocycles. The molecule has 1 spiro atoms. The third-order valence-corrected chi connectivity index (χ3v) is 5.71. The Morgan fingerprint density at radius 2 is 2.04 bits per heavy atom. The van der Waals surface area contributed by atoms with Gasteiger partial charge in [0, 0.05) is 5.41 Å². The molecule has 138 valence electrons. The summed E-state index contributed by atoms with van der Waals surface area (Å²) in [6.45, 7) is 5.42. The summed E-state index contributed by atoms with van der Waals surface area (Å²) in [5.41, 5.74) is -1.41. The Balaban J connectivity index is 1.68. The van der Waals surface area contributed by atoms with Crippen LogP contribution in [-0.4, -0.2) is 53.4 Å². The van der Waals surface area contributed by atoms with Crippen LogP contribution in [0.2, 0.25) is 0 Å². The van der Waals surface area contributed by atoms with Gasteiger partial charge in [-0.2, -0.15) is 0 Å². The Labute approximate surface area is 146 Å². The van der Waals surface area contributed by atoms with Crippen LogP contribution in [0.4, 0.5) is 4.79 Å². The lowest BCUT2D eigenvalue weighted by Gasteiger charge is -2.36. The first-order valence-corrected chi connectivity index (χ1v) is 8.77. The van der Waals surface area contributed by atoms with Crippen molar-refractivity contribution in [2.45, 2.75) is 58.0 Å². The van der Waals surface area contributed by atoms with E-state index in [0.717, 1.165) is 24.2 Å². The van der Waals surface area contributed by atoms with Crippen LogP contribution in [0.15, 0.2) is 0 Å². The summed E-state index contributed by atoms with van der Waals surface area (Å²) in [5.74, 6) is -1.34. The maximum atomic E-state index is 12.8. The largest absolute Gasteiger partial charge is 0.463 e. The molecular formula is C17H25N3O5. The monoisotopic (exact) mass is 351 g/mol. The van der Waals surface area contributed by atoms with E-state index in [2.05, 4.69) is 10.6 Å². The quantitative estimate of drug-likeness (QED) is 0.571. The minimum atomic E-state index is -0.888. The lowest BCUT2D eigenvalue weighted by atomic mass is 9.73. The molecule has 3 unspecified atom stereocenters. The van der Waals surface area contributed by atoms with Gasteiger partial charge >= 0.3 is 12.0 Å². The van der Waals surface area contributed by atoms with Crippen LogP contribution >= 0.6 is 0 Å². The zero-order chi connectivity index (χ0) is 18.4. The first kappa shape index (κ1) is 17.7. The van der Waals surface area contributed by atoms with E-state index in [1.54, 1.807) is 0 Å². The number of hydrogen-bond acceptors (Lipinski definition) is 5. The van der Waals surface area contributed by atoms with E-state index in [1.807, 2.05) is 20.8 Å². The van der Waals surface area contributed by atoms with E-state index < -0.39 is 34.9 Å². The molecule has 4 amide bonds. The van der Waals surface area contributed by atoms with Crippen molar-refractivity contribution in [3.05, 3.63) is 0 Å². The van der Waals surface area contributed by atoms with Gasteiger partial charge in [0.05, 0.1) is 6.61 Å². The van der Waals surface area contributed by atoms with Gasteiger partial charge in [-0.05, 0) is 18.8 Å². The number of carbonyl (C=O) groups excluding carboxylic acids is 4. The molecule has 8 heteroatoms. The van der Waals surface area contributed by atoms with Gasteiger partial charge in [0.2, 0.25) is 5.91 Å². The van der Waals surface area contributed by atoms with Crippen LogP contribution in [0.25, 0.3) is 0 Å². The summed E-state index contributed by atoms with van der Waals surface area (Å²) in [4.78, 5) is 50.2. The number of imide groups is 1. The van der Waals surface area contributed by atoms with Crippen molar-refractivity contribution in [3.63, 3.8) is 0 Å². The number of nitrogens with one attached hydrogen (secondary N) is 2. The van der Waals surface area contributed by atoms with Gasteiger partial charge in [0.15, 0.2) is 0 Å². The van der Waals surface area contributed by atoms with Crippen molar-refractivity contribution in [2.24, 2.45) is 11.3 Å². The van der Waals surface area contributed by atoms with E-state index in [1.165, 1.54) is 0 Å². The SMILES string of the molecule is CC1CCCCC12NC(=O)N(CC(=O)NC1C(=O)OCC1(C)C)C2=O. The van der Waals surface area contributed by atoms with Crippen molar-refractivity contribution in [3.8, 4) is 0 Å². The highest BCUT2D eigenvalue weighted by atomic mass is 16.5. The Hall–Kier alpha value is -2.12. The number of nitrogens with zero attached hydrogens (tertiary/aromatic N) is 1. The first-order valence-electron chi connectivity index (χ1n) is 8.77. The van der Waals surface area contributed by atoms with Gasteiger partial charge < -0.3 is 15.4 Å². The van der Waals surface area contributed by atoms with Gasteiger partial charge in [0.1, 0.15) is 18.1 Å². The average Bonchev–Trinajstić information content (AvgIpc) is 2.93. The van der Waals surface area contributed by atoms with E-state index >= 15 is 0 Å². The molecule has 0 radical (unpaired) electrons. The van der Waals surface area contributed by atoms with Crippen LogP contribution in [-0.2, 0) is 19.1 Å². The second-order valence-corrected chi connectivity index (χ2v) is 8.04. The fraction of sp³-hybridized carbons (Fsp3) is 0.765. The maximum Gasteiger partial charge on any atom is 0.329 e. The molecule has 2 aliphatic heterocycles. The normalized spacial score (nSPS) is 34.2. The van der Waals surface area contributed by atoms with Crippen LogP contribution in [0.5, 0.6) is 0 Å². The molecule has 25 heavy (non-hydrogen) atoms. The lowest BCUT2D eigenvalue weighted by molar-refractivity contribution is -0.142. The molecule has 2 heterocycles. The van der Waals surface area contributed by atoms with Crippen molar-refractivity contribution in [1.29, 1.82) is 0 Å². The van der Waals surface area contributed by atoms with Gasteiger partial charge in [-0.1, -0.05) is 33.6 Å². The van der Waals surface area contributed by atoms with Crippen LogP contribution in [0.3, 0.4) is 0 Å². The number of amides is 4. The molecule has 2 saturated heterocycles. The fourth-order valence-corrected chi connectivity index (χ4v) is 3.99. The van der Waals surface area contributed by atoms with Crippen molar-refractivity contribution < 1.29 is 23.9 Å². The third kappa shape index (κ3) is 2.87. The number of urea groups is 1. The minimum Gasteiger partial charge on any atom is -0.463 e. The summed E-state index contributed by atoms with van der Waals surface area (Å²) in [5, 5.41) is 5.41. The smallest absolute Gasteiger partial charge is 0.329 e. The van der Waals surface area contributed by atoms with Crippen LogP contribution in [0.1, 0.15) is 46.5 Å². The summed E-state index contributed by atoms with van der Waals surface area (Å²) in [6.07, 6.45) is 3.37. The molecule has 0 aromatic rings. The maximum absolute atomic E-state index is 12.8. The summed E-state index contributed by atoms with van der Waals surface area (Å²) in [6, 6.07) is -1.31. The molecule has 8 nitrogen and oxygen atoms in total. The highest BCUT2D eigenvalue weighted by Crippen LogP contribution is 2.38. The molecule has 0 aromatic carbocycles. The Kier molecular flexibility index (Phi) is 4.25.